The van der Waals surface area contributed by atoms with E-state index in [1.165, 1.54) is 87.7 Å². The Morgan fingerprint density at radius 1 is 0.304 bits per heavy atom. The molecule has 0 aliphatic rings. The van der Waals surface area contributed by atoms with E-state index < -0.39 is 0 Å². The van der Waals surface area contributed by atoms with Gasteiger partial charge < -0.3 is 9.13 Å². The molecule has 10 rings (SSSR count). The maximum Gasteiger partial charge on any atom is 0.0641 e. The van der Waals surface area contributed by atoms with Gasteiger partial charge in [0.2, 0.25) is 0 Å². The van der Waals surface area contributed by atoms with Crippen molar-refractivity contribution in [1.82, 2.24) is 9.13 Å². The van der Waals surface area contributed by atoms with Crippen LogP contribution in [0.4, 0.5) is 0 Å². The van der Waals surface area contributed by atoms with Crippen LogP contribution in [0.1, 0.15) is 0 Å². The Labute approximate surface area is 266 Å². The monoisotopic (exact) mass is 584 g/mol. The number of nitrogens with zero attached hydrogens (tertiary/aromatic N) is 2. The van der Waals surface area contributed by atoms with Crippen molar-refractivity contribution < 1.29 is 0 Å². The van der Waals surface area contributed by atoms with Gasteiger partial charge in [0.15, 0.2) is 0 Å². The Bertz CT molecular complexity index is 2780. The minimum Gasteiger partial charge on any atom is -0.309 e. The molecule has 2 heterocycles. The maximum absolute atomic E-state index is 2.54. The van der Waals surface area contributed by atoms with Crippen LogP contribution in [-0.4, -0.2) is 9.13 Å². The van der Waals surface area contributed by atoms with Crippen molar-refractivity contribution >= 4 is 65.2 Å². The van der Waals surface area contributed by atoms with Crippen molar-refractivity contribution in [1.29, 1.82) is 0 Å². The summed E-state index contributed by atoms with van der Waals surface area (Å²) in [6, 6.07) is 61.9. The quantitative estimate of drug-likeness (QED) is 0.183. The van der Waals surface area contributed by atoms with Crippen LogP contribution in [0.15, 0.2) is 170 Å². The molecule has 0 saturated carbocycles. The van der Waals surface area contributed by atoms with Crippen molar-refractivity contribution in [2.75, 3.05) is 0 Å². The van der Waals surface area contributed by atoms with Gasteiger partial charge in [-0.25, -0.2) is 0 Å². The van der Waals surface area contributed by atoms with Crippen molar-refractivity contribution in [2.45, 2.75) is 0 Å². The van der Waals surface area contributed by atoms with Crippen molar-refractivity contribution in [3.05, 3.63) is 170 Å². The molecule has 2 aromatic heterocycles. The zero-order valence-corrected chi connectivity index (χ0v) is 25.1. The van der Waals surface area contributed by atoms with Crippen molar-refractivity contribution in [2.24, 2.45) is 0 Å². The number of hydrogen-bond donors (Lipinski definition) is 0. The molecule has 0 N–H and O–H groups in total. The molecule has 0 unspecified atom stereocenters. The SMILES string of the molecule is c1ccc(-c2c(-n3c4ccccc4c4c3ccc3c5ccccc5n(-c5ccccc5)c34)c3ccccc3c3ccccc23)cc1. The van der Waals surface area contributed by atoms with E-state index in [1.807, 2.05) is 0 Å². The van der Waals surface area contributed by atoms with E-state index in [0.29, 0.717) is 0 Å². The van der Waals surface area contributed by atoms with Gasteiger partial charge in [0.25, 0.3) is 0 Å². The second-order valence-electron chi connectivity index (χ2n) is 12.1. The molecular weight excluding hydrogens is 556 g/mol. The standard InChI is InChI=1S/C44H28N2/c1-3-15-29(16-4-1)41-34-22-9-7-19-31(34)32-20-8-10-23-35(32)43(41)46-39-26-14-12-24-37(39)42-40(46)28-27-36-33-21-11-13-25-38(33)45(44(36)42)30-17-5-2-6-18-30/h1-28H. The molecule has 0 fully saturated rings. The third-order valence-electron chi connectivity index (χ3n) is 9.68. The highest BCUT2D eigenvalue weighted by molar-refractivity contribution is 6.27. The lowest BCUT2D eigenvalue weighted by molar-refractivity contribution is 1.18. The van der Waals surface area contributed by atoms with Gasteiger partial charge in [0.1, 0.15) is 0 Å². The van der Waals surface area contributed by atoms with Crippen LogP contribution in [0.3, 0.4) is 0 Å². The summed E-state index contributed by atoms with van der Waals surface area (Å²) in [6.45, 7) is 0. The van der Waals surface area contributed by atoms with Gasteiger partial charge in [-0.2, -0.15) is 0 Å². The molecule has 0 aliphatic heterocycles. The Balaban J connectivity index is 1.48. The van der Waals surface area contributed by atoms with Gasteiger partial charge in [-0.1, -0.05) is 140 Å². The van der Waals surface area contributed by atoms with E-state index in [9.17, 15) is 0 Å². The zero-order chi connectivity index (χ0) is 30.2. The van der Waals surface area contributed by atoms with Crippen molar-refractivity contribution in [3.8, 4) is 22.5 Å². The molecule has 0 saturated heterocycles. The van der Waals surface area contributed by atoms with Crippen LogP contribution >= 0.6 is 0 Å². The second-order valence-corrected chi connectivity index (χ2v) is 12.1. The second kappa shape index (κ2) is 9.69. The molecule has 8 aromatic carbocycles. The van der Waals surface area contributed by atoms with Crippen LogP contribution in [0.5, 0.6) is 0 Å². The number of fused-ring (bicyclic) bond motifs is 10. The van der Waals surface area contributed by atoms with Crippen LogP contribution in [0.25, 0.3) is 87.7 Å². The Kier molecular flexibility index (Phi) is 5.31. The Morgan fingerprint density at radius 2 is 0.826 bits per heavy atom. The van der Waals surface area contributed by atoms with Crippen molar-refractivity contribution in [3.63, 3.8) is 0 Å². The average molecular weight is 585 g/mol. The molecule has 0 atom stereocenters. The summed E-state index contributed by atoms with van der Waals surface area (Å²) in [5.41, 5.74) is 9.71. The fourth-order valence-corrected chi connectivity index (χ4v) is 7.85. The fraction of sp³-hybridized carbons (Fsp3) is 0. The van der Waals surface area contributed by atoms with Gasteiger partial charge in [-0.3, -0.25) is 0 Å². The number of aromatic nitrogens is 2. The molecule has 214 valence electrons. The lowest BCUT2D eigenvalue weighted by atomic mass is 9.91. The first-order valence-electron chi connectivity index (χ1n) is 15.9. The minimum atomic E-state index is 1.17. The molecule has 0 radical (unpaired) electrons. The summed E-state index contributed by atoms with van der Waals surface area (Å²) in [5.74, 6) is 0. The lowest BCUT2D eigenvalue weighted by Gasteiger charge is -2.20. The lowest BCUT2D eigenvalue weighted by Crippen LogP contribution is -2.00. The first-order chi connectivity index (χ1) is 22.9. The molecule has 2 heteroatoms. The van der Waals surface area contributed by atoms with E-state index in [1.54, 1.807) is 0 Å². The van der Waals surface area contributed by atoms with Gasteiger partial charge in [-0.15, -0.1) is 0 Å². The molecule has 0 aliphatic carbocycles. The summed E-state index contributed by atoms with van der Waals surface area (Å²) in [7, 11) is 0. The van der Waals surface area contributed by atoms with Gasteiger partial charge in [0.05, 0.1) is 27.8 Å². The average Bonchev–Trinajstić information content (AvgIpc) is 3.65. The number of rotatable bonds is 3. The number of para-hydroxylation sites is 3. The van der Waals surface area contributed by atoms with E-state index in [2.05, 4.69) is 179 Å². The molecule has 0 spiro atoms. The summed E-state index contributed by atoms with van der Waals surface area (Å²) in [6.07, 6.45) is 0. The smallest absolute Gasteiger partial charge is 0.0641 e. The van der Waals surface area contributed by atoms with Gasteiger partial charge in [-0.05, 0) is 52.1 Å². The van der Waals surface area contributed by atoms with Gasteiger partial charge in [0, 0.05) is 38.2 Å². The van der Waals surface area contributed by atoms with E-state index in [0.717, 1.165) is 0 Å². The van der Waals surface area contributed by atoms with Gasteiger partial charge >= 0.3 is 0 Å². The normalized spacial score (nSPS) is 11.9. The third-order valence-corrected chi connectivity index (χ3v) is 9.68. The van der Waals surface area contributed by atoms with E-state index in [-0.39, 0.29) is 0 Å². The van der Waals surface area contributed by atoms with Crippen LogP contribution < -0.4 is 0 Å². The molecule has 0 amide bonds. The predicted octanol–water partition coefficient (Wildman–Crippen LogP) is 11.9. The summed E-state index contributed by atoms with van der Waals surface area (Å²) < 4.78 is 4.99. The third kappa shape index (κ3) is 3.41. The number of benzene rings is 8. The summed E-state index contributed by atoms with van der Waals surface area (Å²) in [5, 5.41) is 10.1. The maximum atomic E-state index is 2.54. The molecule has 10 aromatic rings. The van der Waals surface area contributed by atoms with Crippen LogP contribution in [0.2, 0.25) is 0 Å². The first kappa shape index (κ1) is 25.2. The molecule has 46 heavy (non-hydrogen) atoms. The highest BCUT2D eigenvalue weighted by Crippen LogP contribution is 2.47. The highest BCUT2D eigenvalue weighted by Gasteiger charge is 2.24. The Morgan fingerprint density at radius 3 is 1.54 bits per heavy atom. The molecule has 2 nitrogen and oxygen atoms in total. The highest BCUT2D eigenvalue weighted by atomic mass is 15.0. The minimum absolute atomic E-state index is 1.17. The first-order valence-corrected chi connectivity index (χ1v) is 15.9. The Hall–Kier alpha value is -6.12. The van der Waals surface area contributed by atoms with E-state index >= 15 is 0 Å². The van der Waals surface area contributed by atoms with Crippen LogP contribution in [-0.2, 0) is 0 Å². The predicted molar refractivity (Wildman–Crippen MR) is 196 cm³/mol. The zero-order valence-electron chi connectivity index (χ0n) is 25.1. The largest absolute Gasteiger partial charge is 0.309 e. The topological polar surface area (TPSA) is 9.86 Å². The molecular formula is C44H28N2. The van der Waals surface area contributed by atoms with E-state index in [4.69, 9.17) is 0 Å². The summed E-state index contributed by atoms with van der Waals surface area (Å²) >= 11 is 0. The summed E-state index contributed by atoms with van der Waals surface area (Å²) in [4.78, 5) is 0. The number of hydrogen-bond acceptors (Lipinski definition) is 0. The van der Waals surface area contributed by atoms with Crippen LogP contribution in [0, 0.1) is 0 Å². The molecule has 0 bridgehead atoms. The fourth-order valence-electron chi connectivity index (χ4n) is 7.85.